The average molecular weight is 390 g/mol. The Morgan fingerprint density at radius 2 is 2.03 bits per heavy atom. The van der Waals surface area contributed by atoms with Gasteiger partial charge in [-0.15, -0.1) is 0 Å². The maximum atomic E-state index is 12.6. The molecule has 0 aliphatic carbocycles. The highest BCUT2D eigenvalue weighted by Crippen LogP contribution is 2.23. The van der Waals surface area contributed by atoms with Crippen molar-refractivity contribution in [2.45, 2.75) is 26.9 Å². The Labute approximate surface area is 167 Å². The van der Waals surface area contributed by atoms with Gasteiger partial charge in [-0.25, -0.2) is 9.97 Å². The van der Waals surface area contributed by atoms with Gasteiger partial charge in [-0.2, -0.15) is 10.2 Å². The van der Waals surface area contributed by atoms with Crippen molar-refractivity contribution in [1.82, 2.24) is 29.5 Å². The Balaban J connectivity index is 1.51. The zero-order valence-corrected chi connectivity index (χ0v) is 16.5. The van der Waals surface area contributed by atoms with E-state index in [2.05, 4.69) is 30.8 Å². The second kappa shape index (κ2) is 7.70. The lowest BCUT2D eigenvalue weighted by molar-refractivity contribution is -0.116. The summed E-state index contributed by atoms with van der Waals surface area (Å²) in [6.07, 6.45) is 3.42. The highest BCUT2D eigenvalue weighted by Gasteiger charge is 2.14. The molecule has 3 aromatic heterocycles. The van der Waals surface area contributed by atoms with Gasteiger partial charge in [-0.1, -0.05) is 12.1 Å². The number of hydrogen-bond acceptors (Lipinski definition) is 6. The number of aryl methyl sites for hydroxylation is 2. The van der Waals surface area contributed by atoms with Crippen molar-refractivity contribution in [2.24, 2.45) is 0 Å². The van der Waals surface area contributed by atoms with Gasteiger partial charge in [0.1, 0.15) is 12.4 Å². The van der Waals surface area contributed by atoms with Crippen molar-refractivity contribution in [3.05, 3.63) is 48.4 Å². The number of carbonyl (C=O) groups excluding carboxylic acids is 1. The Bertz CT molecular complexity index is 1180. The van der Waals surface area contributed by atoms with E-state index in [-0.39, 0.29) is 12.5 Å². The van der Waals surface area contributed by atoms with Crippen molar-refractivity contribution in [3.8, 4) is 11.4 Å². The lowest BCUT2D eigenvalue weighted by atomic mass is 10.2. The van der Waals surface area contributed by atoms with Gasteiger partial charge in [0, 0.05) is 36.9 Å². The zero-order valence-electron chi connectivity index (χ0n) is 16.5. The van der Waals surface area contributed by atoms with E-state index >= 15 is 0 Å². The van der Waals surface area contributed by atoms with Crippen LogP contribution >= 0.6 is 0 Å². The highest BCUT2D eigenvalue weighted by molar-refractivity contribution is 5.99. The van der Waals surface area contributed by atoms with Crippen LogP contribution in [0, 0.1) is 6.92 Å². The van der Waals surface area contributed by atoms with Crippen molar-refractivity contribution in [1.29, 1.82) is 0 Å². The highest BCUT2D eigenvalue weighted by atomic mass is 16.2. The summed E-state index contributed by atoms with van der Waals surface area (Å²) in [5, 5.41) is 15.6. The van der Waals surface area contributed by atoms with Gasteiger partial charge in [0.25, 0.3) is 0 Å². The van der Waals surface area contributed by atoms with Crippen LogP contribution in [-0.2, 0) is 17.9 Å². The van der Waals surface area contributed by atoms with Crippen LogP contribution in [0.3, 0.4) is 0 Å². The van der Waals surface area contributed by atoms with Crippen LogP contribution in [0.15, 0.2) is 42.7 Å². The monoisotopic (exact) mass is 390 g/mol. The summed E-state index contributed by atoms with van der Waals surface area (Å²) in [5.41, 5.74) is 2.59. The molecule has 2 N–H and O–H groups in total. The van der Waals surface area contributed by atoms with Crippen LogP contribution in [0.1, 0.15) is 12.6 Å². The number of aromatic nitrogens is 6. The summed E-state index contributed by atoms with van der Waals surface area (Å²) < 4.78 is 3.43. The number of anilines is 2. The molecule has 29 heavy (non-hydrogen) atoms. The Kier molecular flexibility index (Phi) is 4.94. The van der Waals surface area contributed by atoms with Crippen LogP contribution in [0.5, 0.6) is 0 Å². The molecule has 0 fully saturated rings. The van der Waals surface area contributed by atoms with E-state index in [0.717, 1.165) is 34.5 Å². The molecule has 0 atom stereocenters. The van der Waals surface area contributed by atoms with Gasteiger partial charge in [-0.05, 0) is 26.0 Å². The SMILES string of the molecule is CCn1nc(NC(=O)Cn2cc(-c3nc(C)cc(NC)n3)cn2)c2ccccc21. The van der Waals surface area contributed by atoms with Crippen molar-refractivity contribution >= 4 is 28.4 Å². The van der Waals surface area contributed by atoms with Gasteiger partial charge in [0.2, 0.25) is 5.91 Å². The summed E-state index contributed by atoms with van der Waals surface area (Å²) in [5.74, 6) is 1.65. The van der Waals surface area contributed by atoms with Crippen molar-refractivity contribution in [3.63, 3.8) is 0 Å². The molecule has 0 saturated carbocycles. The minimum absolute atomic E-state index is 0.0675. The molecule has 0 spiro atoms. The van der Waals surface area contributed by atoms with Crippen molar-refractivity contribution in [2.75, 3.05) is 17.7 Å². The molecular weight excluding hydrogens is 368 g/mol. The van der Waals surface area contributed by atoms with Gasteiger partial charge < -0.3 is 10.6 Å². The molecule has 0 aliphatic rings. The minimum atomic E-state index is -0.202. The summed E-state index contributed by atoms with van der Waals surface area (Å²) >= 11 is 0. The van der Waals surface area contributed by atoms with E-state index in [1.54, 1.807) is 17.1 Å². The Morgan fingerprint density at radius 1 is 1.21 bits per heavy atom. The number of nitrogens with zero attached hydrogens (tertiary/aromatic N) is 6. The molecule has 1 aromatic carbocycles. The van der Waals surface area contributed by atoms with Crippen LogP contribution < -0.4 is 10.6 Å². The smallest absolute Gasteiger partial charge is 0.247 e. The molecule has 0 aliphatic heterocycles. The third-order valence-electron chi connectivity index (χ3n) is 4.52. The third-order valence-corrected chi connectivity index (χ3v) is 4.52. The Morgan fingerprint density at radius 3 is 2.83 bits per heavy atom. The van der Waals surface area contributed by atoms with Crippen LogP contribution in [-0.4, -0.2) is 42.5 Å². The van der Waals surface area contributed by atoms with Crippen LogP contribution in [0.4, 0.5) is 11.6 Å². The summed E-state index contributed by atoms with van der Waals surface area (Å²) in [6, 6.07) is 9.69. The molecule has 1 amide bonds. The molecule has 0 bridgehead atoms. The molecule has 0 unspecified atom stereocenters. The first kappa shape index (κ1) is 18.6. The third kappa shape index (κ3) is 3.79. The van der Waals surface area contributed by atoms with Gasteiger partial charge in [-0.3, -0.25) is 14.2 Å². The number of amides is 1. The molecule has 0 radical (unpaired) electrons. The first-order valence-corrected chi connectivity index (χ1v) is 9.39. The van der Waals surface area contributed by atoms with E-state index in [9.17, 15) is 4.79 Å². The van der Waals surface area contributed by atoms with Crippen LogP contribution in [0.2, 0.25) is 0 Å². The molecule has 9 heteroatoms. The van der Waals surface area contributed by atoms with E-state index in [4.69, 9.17) is 0 Å². The predicted octanol–water partition coefficient (Wildman–Crippen LogP) is 2.70. The van der Waals surface area contributed by atoms with Crippen LogP contribution in [0.25, 0.3) is 22.3 Å². The standard InChI is InChI=1S/C20H22N8O/c1-4-28-16-8-6-5-7-15(16)20(26-28)25-18(29)12-27-11-14(10-22-27)19-23-13(2)9-17(21-3)24-19/h5-11H,4,12H2,1-3H3,(H,21,23,24)(H,25,26,29). The first-order chi connectivity index (χ1) is 14.1. The lowest BCUT2D eigenvalue weighted by Crippen LogP contribution is -2.19. The number of benzene rings is 1. The number of rotatable bonds is 6. The molecular formula is C20H22N8O. The molecule has 148 valence electrons. The number of carbonyl (C=O) groups is 1. The molecule has 0 saturated heterocycles. The molecule has 4 rings (SSSR count). The summed E-state index contributed by atoms with van der Waals surface area (Å²) in [6.45, 7) is 4.72. The van der Waals surface area contributed by atoms with E-state index < -0.39 is 0 Å². The summed E-state index contributed by atoms with van der Waals surface area (Å²) in [7, 11) is 1.81. The molecule has 9 nitrogen and oxygen atoms in total. The average Bonchev–Trinajstić information content (AvgIpc) is 3.32. The van der Waals surface area contributed by atoms with Gasteiger partial charge in [0.15, 0.2) is 11.6 Å². The predicted molar refractivity (Wildman–Crippen MR) is 112 cm³/mol. The summed E-state index contributed by atoms with van der Waals surface area (Å²) in [4.78, 5) is 21.4. The first-order valence-electron chi connectivity index (χ1n) is 9.39. The zero-order chi connectivity index (χ0) is 20.4. The number of para-hydroxylation sites is 1. The van der Waals surface area contributed by atoms with Gasteiger partial charge >= 0.3 is 0 Å². The lowest BCUT2D eigenvalue weighted by Gasteiger charge is -2.04. The minimum Gasteiger partial charge on any atom is -0.373 e. The quantitative estimate of drug-likeness (QED) is 0.525. The largest absolute Gasteiger partial charge is 0.373 e. The maximum absolute atomic E-state index is 12.6. The van der Waals surface area contributed by atoms with E-state index in [1.165, 1.54) is 0 Å². The van der Waals surface area contributed by atoms with E-state index in [0.29, 0.717) is 11.6 Å². The Hall–Kier alpha value is -3.75. The number of nitrogens with one attached hydrogen (secondary N) is 2. The number of fused-ring (bicyclic) bond motifs is 1. The fourth-order valence-electron chi connectivity index (χ4n) is 3.17. The number of hydrogen-bond donors (Lipinski definition) is 2. The normalized spacial score (nSPS) is 11.0. The second-order valence-electron chi connectivity index (χ2n) is 6.62. The van der Waals surface area contributed by atoms with E-state index in [1.807, 2.05) is 55.9 Å². The maximum Gasteiger partial charge on any atom is 0.247 e. The van der Waals surface area contributed by atoms with Gasteiger partial charge in [0.05, 0.1) is 17.3 Å². The fraction of sp³-hybridized carbons (Fsp3) is 0.250. The molecule has 3 heterocycles. The second-order valence-corrected chi connectivity index (χ2v) is 6.62. The molecule has 4 aromatic rings. The van der Waals surface area contributed by atoms with Crippen molar-refractivity contribution < 1.29 is 4.79 Å². The topological polar surface area (TPSA) is 103 Å². The fourth-order valence-corrected chi connectivity index (χ4v) is 3.17.